The fourth-order valence-corrected chi connectivity index (χ4v) is 5.11. The number of nitrogens with zero attached hydrogens (tertiary/aromatic N) is 3. The van der Waals surface area contributed by atoms with Gasteiger partial charge in [-0.1, -0.05) is 0 Å². The molecular weight excluding hydrogens is 369 g/mol. The zero-order valence-corrected chi connectivity index (χ0v) is 17.5. The molecule has 0 aliphatic carbocycles. The second-order valence-corrected chi connectivity index (χ2v) is 8.86. The van der Waals surface area contributed by atoms with Crippen LogP contribution in [0.5, 0.6) is 0 Å². The van der Waals surface area contributed by atoms with Gasteiger partial charge in [-0.15, -0.1) is 11.3 Å². The Labute approximate surface area is 170 Å². The Morgan fingerprint density at radius 1 is 1.07 bits per heavy atom. The van der Waals surface area contributed by atoms with E-state index in [1.807, 2.05) is 31.3 Å². The molecule has 1 aromatic carbocycles. The average Bonchev–Trinajstić information content (AvgIpc) is 3.14. The molecule has 0 saturated carbocycles. The van der Waals surface area contributed by atoms with Gasteiger partial charge in [-0.2, -0.15) is 0 Å². The summed E-state index contributed by atoms with van der Waals surface area (Å²) in [6.07, 6.45) is 4.13. The molecule has 0 N–H and O–H groups in total. The Hall–Kier alpha value is -2.11. The number of hydrogen-bond donors (Lipinski definition) is 0. The molecule has 3 aromatic rings. The summed E-state index contributed by atoms with van der Waals surface area (Å²) in [5, 5.41) is 1.20. The summed E-state index contributed by atoms with van der Waals surface area (Å²) < 4.78 is 13.4. The van der Waals surface area contributed by atoms with E-state index in [2.05, 4.69) is 29.8 Å². The van der Waals surface area contributed by atoms with Crippen LogP contribution in [0.3, 0.4) is 0 Å². The number of benzene rings is 1. The maximum Gasteiger partial charge on any atom is 0.123 e. The number of rotatable bonds is 4. The molecule has 28 heavy (non-hydrogen) atoms. The number of halogens is 1. The SMILES string of the molecule is Cc1cc(-c2sc(C3CCN(C(C)C)CC3)nc2-c2ccc(F)cc2)ccn1. The van der Waals surface area contributed by atoms with E-state index in [0.717, 1.165) is 53.3 Å². The molecule has 1 aliphatic rings. The van der Waals surface area contributed by atoms with Crippen molar-refractivity contribution in [3.05, 3.63) is 59.1 Å². The summed E-state index contributed by atoms with van der Waals surface area (Å²) in [5.74, 6) is 0.275. The van der Waals surface area contributed by atoms with Gasteiger partial charge in [0.1, 0.15) is 5.82 Å². The van der Waals surface area contributed by atoms with E-state index in [1.165, 1.54) is 17.1 Å². The third-order valence-corrected chi connectivity index (χ3v) is 6.80. The number of thiazole rings is 1. The lowest BCUT2D eigenvalue weighted by Gasteiger charge is -2.33. The lowest BCUT2D eigenvalue weighted by atomic mass is 9.96. The van der Waals surface area contributed by atoms with Crippen LogP contribution in [0.1, 0.15) is 43.3 Å². The number of aryl methyl sites for hydroxylation is 1. The molecule has 146 valence electrons. The Kier molecular flexibility index (Phi) is 5.56. The van der Waals surface area contributed by atoms with Crippen molar-refractivity contribution in [3.63, 3.8) is 0 Å². The van der Waals surface area contributed by atoms with Gasteiger partial charge < -0.3 is 4.90 Å². The molecule has 1 saturated heterocycles. The van der Waals surface area contributed by atoms with E-state index in [4.69, 9.17) is 4.98 Å². The monoisotopic (exact) mass is 395 g/mol. The van der Waals surface area contributed by atoms with Crippen molar-refractivity contribution < 1.29 is 4.39 Å². The molecule has 2 aromatic heterocycles. The van der Waals surface area contributed by atoms with E-state index < -0.39 is 0 Å². The summed E-state index contributed by atoms with van der Waals surface area (Å²) in [5.41, 5.74) is 4.04. The average molecular weight is 396 g/mol. The number of likely N-dealkylation sites (tertiary alicyclic amines) is 1. The van der Waals surface area contributed by atoms with Crippen molar-refractivity contribution >= 4 is 11.3 Å². The highest BCUT2D eigenvalue weighted by Gasteiger charge is 2.26. The maximum atomic E-state index is 13.4. The van der Waals surface area contributed by atoms with Crippen LogP contribution in [0.25, 0.3) is 21.7 Å². The largest absolute Gasteiger partial charge is 0.301 e. The van der Waals surface area contributed by atoms with Gasteiger partial charge in [-0.25, -0.2) is 9.37 Å². The Bertz CT molecular complexity index is 941. The smallest absolute Gasteiger partial charge is 0.123 e. The molecule has 0 unspecified atom stereocenters. The molecule has 3 heterocycles. The molecule has 0 atom stereocenters. The summed E-state index contributed by atoms with van der Waals surface area (Å²) in [6.45, 7) is 8.78. The minimum Gasteiger partial charge on any atom is -0.301 e. The minimum atomic E-state index is -0.221. The van der Waals surface area contributed by atoms with Gasteiger partial charge in [0.15, 0.2) is 0 Å². The predicted octanol–water partition coefficient (Wildman–Crippen LogP) is 5.91. The third-order valence-electron chi connectivity index (χ3n) is 5.53. The van der Waals surface area contributed by atoms with Crippen molar-refractivity contribution in [1.29, 1.82) is 0 Å². The fraction of sp³-hybridized carbons (Fsp3) is 0.391. The highest BCUT2D eigenvalue weighted by molar-refractivity contribution is 7.15. The van der Waals surface area contributed by atoms with E-state index in [1.54, 1.807) is 11.3 Å². The van der Waals surface area contributed by atoms with Crippen LogP contribution in [0.4, 0.5) is 4.39 Å². The topological polar surface area (TPSA) is 29.0 Å². The Morgan fingerprint density at radius 3 is 2.43 bits per heavy atom. The van der Waals surface area contributed by atoms with Crippen molar-refractivity contribution in [2.45, 2.75) is 45.6 Å². The van der Waals surface area contributed by atoms with Gasteiger partial charge in [0.25, 0.3) is 0 Å². The van der Waals surface area contributed by atoms with Gasteiger partial charge in [0.05, 0.1) is 15.6 Å². The van der Waals surface area contributed by atoms with Gasteiger partial charge in [-0.3, -0.25) is 4.98 Å². The lowest BCUT2D eigenvalue weighted by molar-refractivity contribution is 0.172. The first-order valence-electron chi connectivity index (χ1n) is 9.95. The quantitative estimate of drug-likeness (QED) is 0.550. The van der Waals surface area contributed by atoms with E-state index in [-0.39, 0.29) is 5.82 Å². The first kappa shape index (κ1) is 19.2. The van der Waals surface area contributed by atoms with Crippen LogP contribution in [0.15, 0.2) is 42.6 Å². The van der Waals surface area contributed by atoms with E-state index in [9.17, 15) is 4.39 Å². The highest BCUT2D eigenvalue weighted by atomic mass is 32.1. The van der Waals surface area contributed by atoms with Gasteiger partial charge in [-0.05, 0) is 88.7 Å². The molecule has 1 fully saturated rings. The van der Waals surface area contributed by atoms with Crippen LogP contribution in [0.2, 0.25) is 0 Å². The molecule has 1 aliphatic heterocycles. The molecule has 3 nitrogen and oxygen atoms in total. The summed E-state index contributed by atoms with van der Waals surface area (Å²) in [4.78, 5) is 13.1. The number of pyridine rings is 1. The molecular formula is C23H26FN3S. The summed E-state index contributed by atoms with van der Waals surface area (Å²) >= 11 is 1.79. The standard InChI is InChI=1S/C23H26FN3S/c1-15(2)27-12-9-18(10-13-27)23-26-21(17-4-6-20(24)7-5-17)22(28-23)19-8-11-25-16(3)14-19/h4-8,11,14-15,18H,9-10,12-13H2,1-3H3. The highest BCUT2D eigenvalue weighted by Crippen LogP contribution is 2.41. The van der Waals surface area contributed by atoms with E-state index >= 15 is 0 Å². The van der Waals surface area contributed by atoms with Gasteiger partial charge in [0.2, 0.25) is 0 Å². The number of piperidine rings is 1. The lowest BCUT2D eigenvalue weighted by Crippen LogP contribution is -2.37. The first-order chi connectivity index (χ1) is 13.5. The normalized spacial score (nSPS) is 16.0. The summed E-state index contributed by atoms with van der Waals surface area (Å²) in [6, 6.07) is 11.4. The second-order valence-electron chi connectivity index (χ2n) is 7.83. The van der Waals surface area contributed by atoms with Crippen LogP contribution < -0.4 is 0 Å². The van der Waals surface area contributed by atoms with Crippen molar-refractivity contribution in [1.82, 2.24) is 14.9 Å². The Morgan fingerprint density at radius 2 is 1.79 bits per heavy atom. The van der Waals surface area contributed by atoms with Gasteiger partial charge >= 0.3 is 0 Å². The first-order valence-corrected chi connectivity index (χ1v) is 10.8. The van der Waals surface area contributed by atoms with Crippen LogP contribution in [0, 0.1) is 12.7 Å². The molecule has 0 amide bonds. The fourth-order valence-electron chi connectivity index (χ4n) is 3.86. The van der Waals surface area contributed by atoms with Gasteiger partial charge in [0, 0.05) is 29.4 Å². The molecule has 5 heteroatoms. The van der Waals surface area contributed by atoms with Crippen molar-refractivity contribution in [3.8, 4) is 21.7 Å². The summed E-state index contributed by atoms with van der Waals surface area (Å²) in [7, 11) is 0. The van der Waals surface area contributed by atoms with E-state index in [0.29, 0.717) is 12.0 Å². The zero-order chi connectivity index (χ0) is 19.7. The third kappa shape index (κ3) is 4.01. The zero-order valence-electron chi connectivity index (χ0n) is 16.7. The number of aromatic nitrogens is 2. The Balaban J connectivity index is 1.71. The second kappa shape index (κ2) is 8.10. The van der Waals surface area contributed by atoms with Crippen molar-refractivity contribution in [2.24, 2.45) is 0 Å². The predicted molar refractivity (Wildman–Crippen MR) is 114 cm³/mol. The molecule has 4 rings (SSSR count). The van der Waals surface area contributed by atoms with Crippen LogP contribution >= 0.6 is 11.3 Å². The maximum absolute atomic E-state index is 13.4. The van der Waals surface area contributed by atoms with Crippen LogP contribution in [-0.4, -0.2) is 34.0 Å². The van der Waals surface area contributed by atoms with Crippen LogP contribution in [-0.2, 0) is 0 Å². The molecule has 0 bridgehead atoms. The van der Waals surface area contributed by atoms with Crippen molar-refractivity contribution in [2.75, 3.05) is 13.1 Å². The molecule has 0 radical (unpaired) electrons. The minimum absolute atomic E-state index is 0.221. The number of hydrogen-bond acceptors (Lipinski definition) is 4. The molecule has 0 spiro atoms.